The average molecular weight is 206 g/mol. The van der Waals surface area contributed by atoms with E-state index in [0.29, 0.717) is 12.8 Å². The summed E-state index contributed by atoms with van der Waals surface area (Å²) in [5.74, 6) is -2.51. The van der Waals surface area contributed by atoms with E-state index in [1.165, 1.54) is 0 Å². The van der Waals surface area contributed by atoms with E-state index >= 15 is 0 Å². The Labute approximate surface area is 82.3 Å². The van der Waals surface area contributed by atoms with Crippen molar-refractivity contribution in [2.75, 3.05) is 13.2 Å². The van der Waals surface area contributed by atoms with E-state index in [4.69, 9.17) is 4.74 Å². The van der Waals surface area contributed by atoms with Gasteiger partial charge in [-0.3, -0.25) is 0 Å². The molecular formula is C10H16F2O2. The van der Waals surface area contributed by atoms with E-state index in [1.54, 1.807) is 0 Å². The third-order valence-electron chi connectivity index (χ3n) is 3.44. The SMILES string of the molecule is OCC1(C[C@H]2CO2)CCC(F)(F)CC1. The van der Waals surface area contributed by atoms with Crippen molar-refractivity contribution < 1.29 is 18.6 Å². The summed E-state index contributed by atoms with van der Waals surface area (Å²) in [4.78, 5) is 0. The maximum Gasteiger partial charge on any atom is 0.248 e. The first-order valence-electron chi connectivity index (χ1n) is 5.16. The lowest BCUT2D eigenvalue weighted by molar-refractivity contribution is -0.0817. The molecule has 1 aliphatic carbocycles. The standard InChI is InChI=1S/C10H16F2O2/c11-10(12)3-1-9(7-13,2-4-10)5-8-6-14-8/h8,13H,1-7H2/t8-/m0/s1. The Kier molecular flexibility index (Phi) is 2.52. The van der Waals surface area contributed by atoms with Crippen molar-refractivity contribution in [1.29, 1.82) is 0 Å². The zero-order valence-corrected chi connectivity index (χ0v) is 8.14. The fourth-order valence-corrected chi connectivity index (χ4v) is 2.24. The van der Waals surface area contributed by atoms with Crippen LogP contribution >= 0.6 is 0 Å². The molecule has 1 atom stereocenters. The summed E-state index contributed by atoms with van der Waals surface area (Å²) in [6.45, 7) is 0.751. The molecule has 0 aromatic heterocycles. The van der Waals surface area contributed by atoms with Gasteiger partial charge in [0.05, 0.1) is 12.7 Å². The Morgan fingerprint density at radius 1 is 1.21 bits per heavy atom. The molecule has 2 nitrogen and oxygen atoms in total. The van der Waals surface area contributed by atoms with Crippen LogP contribution in [0, 0.1) is 5.41 Å². The van der Waals surface area contributed by atoms with Gasteiger partial charge in [0.25, 0.3) is 0 Å². The zero-order valence-electron chi connectivity index (χ0n) is 8.14. The molecule has 0 bridgehead atoms. The van der Waals surface area contributed by atoms with Crippen molar-refractivity contribution in [3.8, 4) is 0 Å². The molecule has 14 heavy (non-hydrogen) atoms. The second-order valence-corrected chi connectivity index (χ2v) is 4.67. The van der Waals surface area contributed by atoms with E-state index in [-0.39, 0.29) is 31.0 Å². The summed E-state index contributed by atoms with van der Waals surface area (Å²) in [6.07, 6.45) is 1.65. The summed E-state index contributed by atoms with van der Waals surface area (Å²) >= 11 is 0. The number of hydrogen-bond donors (Lipinski definition) is 1. The van der Waals surface area contributed by atoms with E-state index in [9.17, 15) is 13.9 Å². The van der Waals surface area contributed by atoms with Gasteiger partial charge >= 0.3 is 0 Å². The topological polar surface area (TPSA) is 32.8 Å². The average Bonchev–Trinajstić information content (AvgIpc) is 2.93. The molecule has 2 fully saturated rings. The van der Waals surface area contributed by atoms with Gasteiger partial charge in [-0.05, 0) is 24.7 Å². The van der Waals surface area contributed by atoms with Crippen LogP contribution in [0.4, 0.5) is 8.78 Å². The Bertz CT molecular complexity index is 204. The van der Waals surface area contributed by atoms with Crippen LogP contribution in [-0.2, 0) is 4.74 Å². The Morgan fingerprint density at radius 3 is 2.21 bits per heavy atom. The quantitative estimate of drug-likeness (QED) is 0.716. The van der Waals surface area contributed by atoms with Crippen molar-refractivity contribution in [2.24, 2.45) is 5.41 Å². The Hall–Kier alpha value is -0.220. The first-order valence-corrected chi connectivity index (χ1v) is 5.16. The molecule has 0 radical (unpaired) electrons. The maximum absolute atomic E-state index is 12.9. The van der Waals surface area contributed by atoms with Crippen LogP contribution in [0.15, 0.2) is 0 Å². The van der Waals surface area contributed by atoms with Crippen LogP contribution in [0.1, 0.15) is 32.1 Å². The number of alkyl halides is 2. The van der Waals surface area contributed by atoms with Gasteiger partial charge in [-0.15, -0.1) is 0 Å². The van der Waals surface area contributed by atoms with E-state index < -0.39 is 5.92 Å². The van der Waals surface area contributed by atoms with E-state index in [2.05, 4.69) is 0 Å². The summed E-state index contributed by atoms with van der Waals surface area (Å²) in [7, 11) is 0. The van der Waals surface area contributed by atoms with Crippen molar-refractivity contribution in [2.45, 2.75) is 44.1 Å². The predicted molar refractivity (Wildman–Crippen MR) is 47.3 cm³/mol. The first-order chi connectivity index (χ1) is 6.55. The summed E-state index contributed by atoms with van der Waals surface area (Å²) < 4.78 is 30.9. The Morgan fingerprint density at radius 2 is 1.79 bits per heavy atom. The number of aliphatic hydroxyl groups is 1. The second-order valence-electron chi connectivity index (χ2n) is 4.67. The van der Waals surface area contributed by atoms with Crippen LogP contribution < -0.4 is 0 Å². The normalized spacial score (nSPS) is 34.1. The molecule has 1 heterocycles. The van der Waals surface area contributed by atoms with Crippen LogP contribution in [0.25, 0.3) is 0 Å². The number of rotatable bonds is 3. The number of aliphatic hydroxyl groups excluding tert-OH is 1. The highest BCUT2D eigenvalue weighted by molar-refractivity contribution is 4.92. The van der Waals surface area contributed by atoms with Crippen molar-refractivity contribution in [1.82, 2.24) is 0 Å². The van der Waals surface area contributed by atoms with Crippen LogP contribution in [0.3, 0.4) is 0 Å². The minimum absolute atomic E-state index is 0.0168. The number of epoxide rings is 1. The van der Waals surface area contributed by atoms with Crippen LogP contribution in [0.2, 0.25) is 0 Å². The molecule has 4 heteroatoms. The zero-order chi connectivity index (χ0) is 10.2. The lowest BCUT2D eigenvalue weighted by Gasteiger charge is -2.38. The van der Waals surface area contributed by atoms with Gasteiger partial charge in [-0.2, -0.15) is 0 Å². The van der Waals surface area contributed by atoms with Crippen LogP contribution in [0.5, 0.6) is 0 Å². The van der Waals surface area contributed by atoms with E-state index in [0.717, 1.165) is 13.0 Å². The highest BCUT2D eigenvalue weighted by Gasteiger charge is 2.45. The molecule has 1 aliphatic heterocycles. The molecule has 0 aromatic rings. The molecular weight excluding hydrogens is 190 g/mol. The molecule has 1 N–H and O–H groups in total. The lowest BCUT2D eigenvalue weighted by Crippen LogP contribution is -2.36. The van der Waals surface area contributed by atoms with Gasteiger partial charge < -0.3 is 9.84 Å². The van der Waals surface area contributed by atoms with Crippen LogP contribution in [-0.4, -0.2) is 30.3 Å². The van der Waals surface area contributed by atoms with Gasteiger partial charge in [0, 0.05) is 19.4 Å². The highest BCUT2D eigenvalue weighted by Crippen LogP contribution is 2.47. The second kappa shape index (κ2) is 3.42. The van der Waals surface area contributed by atoms with Crippen molar-refractivity contribution in [3.05, 3.63) is 0 Å². The Balaban J connectivity index is 1.93. The fourth-order valence-electron chi connectivity index (χ4n) is 2.24. The predicted octanol–water partition coefficient (Wildman–Crippen LogP) is 1.96. The molecule has 0 aromatic carbocycles. The molecule has 0 spiro atoms. The van der Waals surface area contributed by atoms with Crippen molar-refractivity contribution >= 4 is 0 Å². The molecule has 2 rings (SSSR count). The first kappa shape index (κ1) is 10.3. The number of hydrogen-bond acceptors (Lipinski definition) is 2. The number of ether oxygens (including phenoxy) is 1. The maximum atomic E-state index is 12.9. The fraction of sp³-hybridized carbons (Fsp3) is 1.00. The number of halogens is 2. The summed E-state index contributed by atoms with van der Waals surface area (Å²) in [5, 5.41) is 9.29. The molecule has 82 valence electrons. The molecule has 0 amide bonds. The van der Waals surface area contributed by atoms with Gasteiger partial charge in [0.2, 0.25) is 5.92 Å². The van der Waals surface area contributed by atoms with Gasteiger partial charge in [0.1, 0.15) is 0 Å². The third-order valence-corrected chi connectivity index (χ3v) is 3.44. The minimum Gasteiger partial charge on any atom is -0.396 e. The van der Waals surface area contributed by atoms with Gasteiger partial charge in [-0.25, -0.2) is 8.78 Å². The lowest BCUT2D eigenvalue weighted by atomic mass is 9.70. The summed E-state index contributed by atoms with van der Waals surface area (Å²) in [5.41, 5.74) is -0.289. The van der Waals surface area contributed by atoms with Gasteiger partial charge in [0.15, 0.2) is 0 Å². The molecule has 2 aliphatic rings. The summed E-state index contributed by atoms with van der Waals surface area (Å²) in [6, 6.07) is 0. The largest absolute Gasteiger partial charge is 0.396 e. The monoisotopic (exact) mass is 206 g/mol. The molecule has 1 saturated heterocycles. The third kappa shape index (κ3) is 2.23. The van der Waals surface area contributed by atoms with Crippen molar-refractivity contribution in [3.63, 3.8) is 0 Å². The highest BCUT2D eigenvalue weighted by atomic mass is 19.3. The molecule has 1 saturated carbocycles. The van der Waals surface area contributed by atoms with E-state index in [1.807, 2.05) is 0 Å². The van der Waals surface area contributed by atoms with Gasteiger partial charge in [-0.1, -0.05) is 0 Å². The smallest absolute Gasteiger partial charge is 0.248 e. The minimum atomic E-state index is -2.51. The molecule has 0 unspecified atom stereocenters.